The van der Waals surface area contributed by atoms with E-state index in [1.807, 2.05) is 0 Å². The molecule has 1 aromatic rings. The highest BCUT2D eigenvalue weighted by atomic mass is 19.1. The highest BCUT2D eigenvalue weighted by Gasteiger charge is 2.52. The van der Waals surface area contributed by atoms with Crippen LogP contribution in [0.5, 0.6) is 0 Å². The average Bonchev–Trinajstić information content (AvgIpc) is 2.85. The van der Waals surface area contributed by atoms with Crippen LogP contribution < -0.4 is 21.8 Å². The number of rotatable bonds is 5. The molecule has 0 unspecified atom stereocenters. The lowest BCUT2D eigenvalue weighted by molar-refractivity contribution is -0.139. The van der Waals surface area contributed by atoms with Gasteiger partial charge in [0, 0.05) is 5.69 Å². The summed E-state index contributed by atoms with van der Waals surface area (Å²) in [6.07, 6.45) is 3.78. The Bertz CT molecular complexity index is 807. The van der Waals surface area contributed by atoms with Crippen LogP contribution in [0.15, 0.2) is 18.2 Å². The number of hydrogen-bond donors (Lipinski definition) is 4. The fourth-order valence-electron chi connectivity index (χ4n) is 3.39. The molecular weight excluding hydrogens is 357 g/mol. The number of halogens is 1. The third-order valence-corrected chi connectivity index (χ3v) is 4.79. The molecule has 5 amide bonds. The number of urea groups is 1. The van der Waals surface area contributed by atoms with Gasteiger partial charge < -0.3 is 16.4 Å². The zero-order chi connectivity index (χ0) is 19.6. The van der Waals surface area contributed by atoms with Crippen LogP contribution in [-0.2, 0) is 9.59 Å². The van der Waals surface area contributed by atoms with Gasteiger partial charge in [-0.15, -0.1) is 0 Å². The molecular formula is C17H20FN5O4. The van der Waals surface area contributed by atoms with Gasteiger partial charge in [0.05, 0.1) is 12.1 Å². The monoisotopic (exact) mass is 377 g/mol. The van der Waals surface area contributed by atoms with Crippen molar-refractivity contribution in [2.24, 2.45) is 5.73 Å². The van der Waals surface area contributed by atoms with Crippen LogP contribution in [0.25, 0.3) is 0 Å². The van der Waals surface area contributed by atoms with Gasteiger partial charge in [0.2, 0.25) is 0 Å². The molecule has 144 valence electrons. The Morgan fingerprint density at radius 1 is 1.22 bits per heavy atom. The molecule has 1 spiro atoms. The average molecular weight is 377 g/mol. The van der Waals surface area contributed by atoms with E-state index in [2.05, 4.69) is 16.1 Å². The third kappa shape index (κ3) is 3.69. The standard InChI is InChI=1S/C17H20FN5O4/c18-12-5-4-10(8-11(12)14(19)25)20-9-13(24)22-23-15(26)17(21-16(23)27)6-2-1-3-7-17/h4-5,8,20H,1-3,6-7,9H2,(H2,19,25)(H,21,27)(H,22,24). The molecule has 3 rings (SSSR count). The Morgan fingerprint density at radius 2 is 1.93 bits per heavy atom. The molecule has 0 bridgehead atoms. The molecule has 1 aliphatic carbocycles. The molecule has 2 fully saturated rings. The highest BCUT2D eigenvalue weighted by molar-refractivity contribution is 6.08. The molecule has 1 aliphatic heterocycles. The summed E-state index contributed by atoms with van der Waals surface area (Å²) in [7, 11) is 0. The summed E-state index contributed by atoms with van der Waals surface area (Å²) in [6, 6.07) is 2.90. The van der Waals surface area contributed by atoms with E-state index in [1.165, 1.54) is 12.1 Å². The maximum absolute atomic E-state index is 13.5. The summed E-state index contributed by atoms with van der Waals surface area (Å²) < 4.78 is 13.5. The van der Waals surface area contributed by atoms with Crippen molar-refractivity contribution in [3.05, 3.63) is 29.6 Å². The lowest BCUT2D eigenvalue weighted by atomic mass is 9.82. The number of benzene rings is 1. The Balaban J connectivity index is 1.60. The van der Waals surface area contributed by atoms with Gasteiger partial charge in [-0.2, -0.15) is 5.01 Å². The summed E-state index contributed by atoms with van der Waals surface area (Å²) in [5.74, 6) is -2.80. The Labute approximate surface area is 154 Å². The number of hydrazine groups is 1. The number of hydrogen-bond acceptors (Lipinski definition) is 5. The van der Waals surface area contributed by atoms with Crippen LogP contribution in [0.4, 0.5) is 14.9 Å². The normalized spacial score (nSPS) is 18.3. The number of nitrogens with two attached hydrogens (primary N) is 1. The number of nitrogens with one attached hydrogen (secondary N) is 3. The van der Waals surface area contributed by atoms with Gasteiger partial charge in [-0.05, 0) is 31.0 Å². The van der Waals surface area contributed by atoms with Crippen LogP contribution in [0, 0.1) is 5.82 Å². The van der Waals surface area contributed by atoms with E-state index in [1.54, 1.807) is 0 Å². The van der Waals surface area contributed by atoms with Crippen molar-refractivity contribution in [2.45, 2.75) is 37.6 Å². The van der Waals surface area contributed by atoms with Gasteiger partial charge >= 0.3 is 6.03 Å². The van der Waals surface area contributed by atoms with Gasteiger partial charge in [0.15, 0.2) is 0 Å². The van der Waals surface area contributed by atoms with Crippen LogP contribution in [0.1, 0.15) is 42.5 Å². The first-order valence-electron chi connectivity index (χ1n) is 8.62. The number of carbonyl (C=O) groups is 4. The summed E-state index contributed by atoms with van der Waals surface area (Å²) in [6.45, 7) is -0.298. The maximum atomic E-state index is 13.5. The maximum Gasteiger partial charge on any atom is 0.344 e. The first kappa shape index (κ1) is 18.6. The molecule has 5 N–H and O–H groups in total. The van der Waals surface area contributed by atoms with Gasteiger partial charge in [-0.3, -0.25) is 19.8 Å². The smallest absolute Gasteiger partial charge is 0.344 e. The number of anilines is 1. The highest BCUT2D eigenvalue weighted by Crippen LogP contribution is 2.32. The second-order valence-electron chi connectivity index (χ2n) is 6.66. The number of carbonyl (C=O) groups excluding carboxylic acids is 4. The molecule has 9 nitrogen and oxygen atoms in total. The zero-order valence-corrected chi connectivity index (χ0v) is 14.5. The number of amides is 5. The van der Waals surface area contributed by atoms with Crippen LogP contribution in [-0.4, -0.2) is 40.8 Å². The predicted molar refractivity (Wildman–Crippen MR) is 92.7 cm³/mol. The largest absolute Gasteiger partial charge is 0.376 e. The molecule has 2 aliphatic rings. The zero-order valence-electron chi connectivity index (χ0n) is 14.5. The minimum atomic E-state index is -0.933. The van der Waals surface area contributed by atoms with Crippen molar-refractivity contribution in [3.63, 3.8) is 0 Å². The van der Waals surface area contributed by atoms with E-state index < -0.39 is 35.1 Å². The molecule has 10 heteroatoms. The van der Waals surface area contributed by atoms with E-state index in [4.69, 9.17) is 5.73 Å². The summed E-state index contributed by atoms with van der Waals surface area (Å²) in [5.41, 5.74) is 6.40. The Morgan fingerprint density at radius 3 is 2.59 bits per heavy atom. The molecule has 0 atom stereocenters. The van der Waals surface area contributed by atoms with Crippen molar-refractivity contribution in [1.29, 1.82) is 0 Å². The third-order valence-electron chi connectivity index (χ3n) is 4.79. The summed E-state index contributed by atoms with van der Waals surface area (Å²) >= 11 is 0. The molecule has 1 aromatic carbocycles. The molecule has 27 heavy (non-hydrogen) atoms. The molecule has 0 radical (unpaired) electrons. The first-order chi connectivity index (χ1) is 12.8. The SMILES string of the molecule is NC(=O)c1cc(NCC(=O)NN2C(=O)NC3(CCCCC3)C2=O)ccc1F. The molecule has 1 heterocycles. The van der Waals surface area contributed by atoms with E-state index in [0.29, 0.717) is 23.5 Å². The number of imide groups is 1. The van der Waals surface area contributed by atoms with Gasteiger partial charge in [0.1, 0.15) is 11.4 Å². The van der Waals surface area contributed by atoms with Crippen molar-refractivity contribution in [2.75, 3.05) is 11.9 Å². The van der Waals surface area contributed by atoms with Crippen molar-refractivity contribution in [1.82, 2.24) is 15.8 Å². The summed E-state index contributed by atoms with van der Waals surface area (Å²) in [5, 5.41) is 6.07. The quantitative estimate of drug-likeness (QED) is 0.558. The summed E-state index contributed by atoms with van der Waals surface area (Å²) in [4.78, 5) is 47.9. The van der Waals surface area contributed by atoms with Gasteiger partial charge in [0.25, 0.3) is 17.7 Å². The fourth-order valence-corrected chi connectivity index (χ4v) is 3.39. The predicted octanol–water partition coefficient (Wildman–Crippen LogP) is 0.622. The van der Waals surface area contributed by atoms with Gasteiger partial charge in [-0.25, -0.2) is 9.18 Å². The van der Waals surface area contributed by atoms with Crippen LogP contribution >= 0.6 is 0 Å². The second-order valence-corrected chi connectivity index (χ2v) is 6.66. The minimum Gasteiger partial charge on any atom is -0.376 e. The van der Waals surface area contributed by atoms with Gasteiger partial charge in [-0.1, -0.05) is 19.3 Å². The molecule has 0 aromatic heterocycles. The second kappa shape index (κ2) is 7.22. The van der Waals surface area contributed by atoms with E-state index in [9.17, 15) is 23.6 Å². The van der Waals surface area contributed by atoms with Crippen LogP contribution in [0.3, 0.4) is 0 Å². The van der Waals surface area contributed by atoms with E-state index in [-0.39, 0.29) is 12.1 Å². The first-order valence-corrected chi connectivity index (χ1v) is 8.62. The van der Waals surface area contributed by atoms with Crippen molar-refractivity contribution in [3.8, 4) is 0 Å². The number of nitrogens with zero attached hydrogens (tertiary/aromatic N) is 1. The Hall–Kier alpha value is -3.17. The fraction of sp³-hybridized carbons (Fsp3) is 0.412. The topological polar surface area (TPSA) is 134 Å². The van der Waals surface area contributed by atoms with E-state index >= 15 is 0 Å². The van der Waals surface area contributed by atoms with Crippen molar-refractivity contribution >= 4 is 29.4 Å². The van der Waals surface area contributed by atoms with Crippen molar-refractivity contribution < 1.29 is 23.6 Å². The van der Waals surface area contributed by atoms with Crippen LogP contribution in [0.2, 0.25) is 0 Å². The lowest BCUT2D eigenvalue weighted by Crippen LogP contribution is -2.51. The Kier molecular flexibility index (Phi) is 4.98. The molecule has 1 saturated carbocycles. The molecule has 1 saturated heterocycles. The minimum absolute atomic E-state index is 0.293. The van der Waals surface area contributed by atoms with E-state index in [0.717, 1.165) is 25.3 Å². The lowest BCUT2D eigenvalue weighted by Gasteiger charge is -2.30. The number of primary amides is 1.